The molecule has 0 aromatic heterocycles. The van der Waals surface area contributed by atoms with Crippen LogP contribution in [0.5, 0.6) is 0 Å². The number of benzene rings is 1. The molecule has 0 saturated heterocycles. The second-order valence-electron chi connectivity index (χ2n) is 4.60. The molecule has 25 heavy (non-hydrogen) atoms. The van der Waals surface area contributed by atoms with Gasteiger partial charge in [-0.05, 0) is 23.8 Å². The number of rotatable bonds is 3. The molecule has 1 aromatic carbocycles. The number of halogens is 10. The predicted octanol–water partition coefficient (Wildman–Crippen LogP) is 3.81. The van der Waals surface area contributed by atoms with Gasteiger partial charge in [0.05, 0.1) is 5.56 Å². The van der Waals surface area contributed by atoms with Crippen molar-refractivity contribution in [3.05, 3.63) is 41.5 Å². The fourth-order valence-corrected chi connectivity index (χ4v) is 1.57. The first-order valence-corrected chi connectivity index (χ1v) is 5.95. The van der Waals surface area contributed by atoms with E-state index in [1.165, 1.54) is 0 Å². The van der Waals surface area contributed by atoms with E-state index in [9.17, 15) is 53.8 Å². The minimum Gasteiger partial charge on any atom is -0.872 e. The van der Waals surface area contributed by atoms with Gasteiger partial charge in [0.2, 0.25) is 5.78 Å². The quantitative estimate of drug-likeness (QED) is 0.453. The summed E-state index contributed by atoms with van der Waals surface area (Å²) in [6, 6.07) is 1.44. The van der Waals surface area contributed by atoms with Crippen LogP contribution in [-0.4, -0.2) is 23.8 Å². The number of carbonyl (C=O) groups excluding carboxylic acids is 1. The Hall–Kier alpha value is -2.27. The van der Waals surface area contributed by atoms with Crippen molar-refractivity contribution < 1.29 is 53.8 Å². The highest BCUT2D eigenvalue weighted by molar-refractivity contribution is 6.02. The third kappa shape index (κ3) is 4.04. The van der Waals surface area contributed by atoms with Crippen LogP contribution in [0.2, 0.25) is 0 Å². The van der Waals surface area contributed by atoms with Crippen molar-refractivity contribution in [3.8, 4) is 0 Å². The first kappa shape index (κ1) is 20.8. The van der Waals surface area contributed by atoms with Gasteiger partial charge in [-0.25, -0.2) is 4.39 Å². The Morgan fingerprint density at radius 2 is 1.20 bits per heavy atom. The van der Waals surface area contributed by atoms with Crippen LogP contribution < -0.4 is 5.11 Å². The third-order valence-electron chi connectivity index (χ3n) is 2.88. The third-order valence-corrected chi connectivity index (χ3v) is 2.88. The van der Waals surface area contributed by atoms with Crippen molar-refractivity contribution in [3.63, 3.8) is 0 Å². The Morgan fingerprint density at radius 3 is 1.52 bits per heavy atom. The van der Waals surface area contributed by atoms with E-state index in [4.69, 9.17) is 0 Å². The van der Waals surface area contributed by atoms with E-state index < -0.39 is 52.9 Å². The van der Waals surface area contributed by atoms with Crippen molar-refractivity contribution in [1.82, 2.24) is 0 Å². The van der Waals surface area contributed by atoms with Crippen LogP contribution in [0.3, 0.4) is 0 Å². The molecular formula is C13H5F10O2-. The highest BCUT2D eigenvalue weighted by Gasteiger charge is 2.76. The highest BCUT2D eigenvalue weighted by atomic mass is 19.4. The number of hydrogen-bond acceptors (Lipinski definition) is 2. The smallest absolute Gasteiger partial charge is 0.439 e. The summed E-state index contributed by atoms with van der Waals surface area (Å²) < 4.78 is 124. The van der Waals surface area contributed by atoms with Gasteiger partial charge in [-0.3, -0.25) is 4.79 Å². The molecule has 140 valence electrons. The minimum absolute atomic E-state index is 0.307. The van der Waals surface area contributed by atoms with Gasteiger partial charge in [-0.15, -0.1) is 0 Å². The van der Waals surface area contributed by atoms with Crippen LogP contribution in [0.15, 0.2) is 30.3 Å². The summed E-state index contributed by atoms with van der Waals surface area (Å²) in [6.07, 6.45) is -19.0. The van der Waals surface area contributed by atoms with Gasteiger partial charge in [0, 0.05) is 0 Å². The molecule has 1 rings (SSSR count). The summed E-state index contributed by atoms with van der Waals surface area (Å²) in [6.45, 7) is 0. The maximum absolute atomic E-state index is 13.4. The maximum atomic E-state index is 13.4. The van der Waals surface area contributed by atoms with Gasteiger partial charge in [-0.2, -0.15) is 39.5 Å². The first-order valence-electron chi connectivity index (χ1n) is 5.95. The molecule has 0 saturated carbocycles. The Kier molecular flexibility index (Phi) is 5.17. The molecule has 0 atom stereocenters. The van der Waals surface area contributed by atoms with Gasteiger partial charge >= 0.3 is 24.2 Å². The average molecular weight is 383 g/mol. The zero-order valence-corrected chi connectivity index (χ0v) is 11.5. The molecule has 12 heteroatoms. The topological polar surface area (TPSA) is 40.1 Å². The van der Waals surface area contributed by atoms with E-state index in [-0.39, 0.29) is 0 Å². The summed E-state index contributed by atoms with van der Waals surface area (Å²) >= 11 is 0. The minimum atomic E-state index is -6.70. The van der Waals surface area contributed by atoms with E-state index in [1.807, 2.05) is 0 Å². The molecule has 0 heterocycles. The zero-order chi connectivity index (χ0) is 19.8. The molecule has 0 aliphatic carbocycles. The van der Waals surface area contributed by atoms with Crippen molar-refractivity contribution in [2.75, 3.05) is 0 Å². The Labute approximate surface area is 132 Å². The van der Waals surface area contributed by atoms with E-state index in [0.29, 0.717) is 24.3 Å². The lowest BCUT2D eigenvalue weighted by atomic mass is 9.97. The molecule has 0 spiro atoms. The van der Waals surface area contributed by atoms with Crippen LogP contribution in [0, 0.1) is 0 Å². The lowest BCUT2D eigenvalue weighted by molar-refractivity contribution is -0.323. The van der Waals surface area contributed by atoms with Gasteiger partial charge in [0.25, 0.3) is 0 Å². The van der Waals surface area contributed by atoms with Gasteiger partial charge < -0.3 is 5.11 Å². The molecule has 0 aliphatic heterocycles. The van der Waals surface area contributed by atoms with Crippen molar-refractivity contribution in [1.29, 1.82) is 0 Å². The van der Waals surface area contributed by atoms with Crippen LogP contribution in [0.4, 0.5) is 43.9 Å². The second kappa shape index (κ2) is 6.23. The van der Waals surface area contributed by atoms with Crippen LogP contribution >= 0.6 is 0 Å². The lowest BCUT2D eigenvalue weighted by Crippen LogP contribution is -2.58. The number of allylic oxidation sites excluding steroid dienone is 1. The van der Waals surface area contributed by atoms with Gasteiger partial charge in [-0.1, -0.05) is 17.9 Å². The highest BCUT2D eigenvalue weighted by Crippen LogP contribution is 2.47. The Morgan fingerprint density at radius 1 is 0.800 bits per heavy atom. The standard InChI is InChI=1S/C13H6F10O2/c14-10(12(18,19)20,13(21,22)23)9(25)5-8(24)6-1-3-7(4-2-6)11(15,16)17/h1-5,24H/p-1/b8-5-. The molecule has 0 aliphatic rings. The first-order chi connectivity index (χ1) is 11.0. The summed E-state index contributed by atoms with van der Waals surface area (Å²) in [5.41, 5.74) is -8.42. The van der Waals surface area contributed by atoms with Crippen molar-refractivity contribution >= 4 is 11.5 Å². The molecule has 0 bridgehead atoms. The molecule has 0 N–H and O–H groups in total. The zero-order valence-electron chi connectivity index (χ0n) is 11.5. The fourth-order valence-electron chi connectivity index (χ4n) is 1.57. The van der Waals surface area contributed by atoms with Crippen molar-refractivity contribution in [2.24, 2.45) is 0 Å². The predicted molar refractivity (Wildman–Crippen MR) is 60.4 cm³/mol. The monoisotopic (exact) mass is 383 g/mol. The fraction of sp³-hybridized carbons (Fsp3) is 0.308. The van der Waals surface area contributed by atoms with Crippen LogP contribution in [0.1, 0.15) is 11.1 Å². The summed E-state index contributed by atoms with van der Waals surface area (Å²) in [5, 5.41) is 11.5. The molecule has 0 amide bonds. The van der Waals surface area contributed by atoms with Gasteiger partial charge in [0.1, 0.15) is 0 Å². The molecule has 0 fully saturated rings. The SMILES string of the molecule is O=C(/C=C(\[O-])c1ccc(C(F)(F)F)cc1)C(F)(C(F)(F)F)C(F)(F)F. The normalized spacial score (nSPS) is 14.6. The number of ketones is 1. The average Bonchev–Trinajstić information content (AvgIpc) is 2.42. The Balaban J connectivity index is 3.26. The number of alkyl halides is 10. The molecule has 2 nitrogen and oxygen atoms in total. The summed E-state index contributed by atoms with van der Waals surface area (Å²) in [4.78, 5) is 11.1. The van der Waals surface area contributed by atoms with Crippen LogP contribution in [-0.2, 0) is 11.0 Å². The molecule has 0 unspecified atom stereocenters. The molecular weight excluding hydrogens is 378 g/mol. The number of carbonyl (C=O) groups is 1. The second-order valence-corrected chi connectivity index (χ2v) is 4.60. The maximum Gasteiger partial charge on any atom is 0.439 e. The Bertz CT molecular complexity index is 650. The van der Waals surface area contributed by atoms with Crippen molar-refractivity contribution in [2.45, 2.75) is 24.2 Å². The summed E-state index contributed by atoms with van der Waals surface area (Å²) in [7, 11) is 0. The summed E-state index contributed by atoms with van der Waals surface area (Å²) in [5.74, 6) is -5.06. The largest absolute Gasteiger partial charge is 0.872 e. The van der Waals surface area contributed by atoms with E-state index in [1.54, 1.807) is 0 Å². The molecule has 1 aromatic rings. The molecule has 0 radical (unpaired) electrons. The van der Waals surface area contributed by atoms with E-state index >= 15 is 0 Å². The number of hydrogen-bond donors (Lipinski definition) is 0. The van der Waals surface area contributed by atoms with E-state index in [0.717, 1.165) is 0 Å². The van der Waals surface area contributed by atoms with Gasteiger partial charge in [0.15, 0.2) is 0 Å². The van der Waals surface area contributed by atoms with E-state index in [2.05, 4.69) is 0 Å². The van der Waals surface area contributed by atoms with Crippen LogP contribution in [0.25, 0.3) is 5.76 Å². The lowest BCUT2D eigenvalue weighted by Gasteiger charge is -2.28.